The van der Waals surface area contributed by atoms with Crippen LogP contribution in [0.3, 0.4) is 0 Å². The third-order valence-corrected chi connectivity index (χ3v) is 4.82. The first kappa shape index (κ1) is 20.6. The van der Waals surface area contributed by atoms with Gasteiger partial charge in [0.05, 0.1) is 15.7 Å². The number of hydrogen-bond donors (Lipinski definition) is 2. The standard InChI is InChI=1S/C21H25Cl2NO2/c1-20(2,3)13-10-12(11-14(18(13)25)21(4,5)6)19(26)24-17-15(22)8-7-9-16(17)23/h7-11,25H,1-6H3,(H,24,26). The number of para-hydroxylation sites is 1. The molecule has 140 valence electrons. The second kappa shape index (κ2) is 7.13. The number of anilines is 1. The van der Waals surface area contributed by atoms with E-state index in [1.54, 1.807) is 30.3 Å². The van der Waals surface area contributed by atoms with E-state index in [0.717, 1.165) is 11.1 Å². The van der Waals surface area contributed by atoms with Crippen molar-refractivity contribution >= 4 is 34.8 Å². The number of nitrogens with one attached hydrogen (secondary N) is 1. The maximum absolute atomic E-state index is 12.9. The summed E-state index contributed by atoms with van der Waals surface area (Å²) in [7, 11) is 0. The molecule has 0 spiro atoms. The van der Waals surface area contributed by atoms with Crippen LogP contribution < -0.4 is 5.32 Å². The Morgan fingerprint density at radius 2 is 1.35 bits per heavy atom. The van der Waals surface area contributed by atoms with E-state index in [9.17, 15) is 9.90 Å². The smallest absolute Gasteiger partial charge is 0.255 e. The van der Waals surface area contributed by atoms with Gasteiger partial charge >= 0.3 is 0 Å². The molecule has 0 bridgehead atoms. The van der Waals surface area contributed by atoms with Crippen LogP contribution in [0.4, 0.5) is 5.69 Å². The molecule has 26 heavy (non-hydrogen) atoms. The van der Waals surface area contributed by atoms with Crippen LogP contribution in [0.1, 0.15) is 63.0 Å². The second-order valence-electron chi connectivity index (χ2n) is 8.47. The van der Waals surface area contributed by atoms with Gasteiger partial charge in [0.15, 0.2) is 0 Å². The molecule has 0 aliphatic heterocycles. The van der Waals surface area contributed by atoms with Gasteiger partial charge in [-0.1, -0.05) is 70.8 Å². The normalized spacial score (nSPS) is 12.2. The first-order chi connectivity index (χ1) is 11.8. The van der Waals surface area contributed by atoms with E-state index < -0.39 is 0 Å². The van der Waals surface area contributed by atoms with Crippen LogP contribution in [0, 0.1) is 0 Å². The lowest BCUT2D eigenvalue weighted by molar-refractivity contribution is 0.102. The molecule has 0 atom stereocenters. The zero-order valence-corrected chi connectivity index (χ0v) is 17.5. The highest BCUT2D eigenvalue weighted by molar-refractivity contribution is 6.40. The van der Waals surface area contributed by atoms with Crippen molar-refractivity contribution in [2.75, 3.05) is 5.32 Å². The molecule has 2 N–H and O–H groups in total. The highest BCUT2D eigenvalue weighted by Crippen LogP contribution is 2.40. The molecule has 2 aromatic carbocycles. The zero-order valence-electron chi connectivity index (χ0n) is 16.0. The molecule has 0 aliphatic carbocycles. The van der Waals surface area contributed by atoms with Gasteiger partial charge in [-0.25, -0.2) is 0 Å². The summed E-state index contributed by atoms with van der Waals surface area (Å²) in [6.07, 6.45) is 0. The van der Waals surface area contributed by atoms with Crippen LogP contribution >= 0.6 is 23.2 Å². The molecular formula is C21H25Cl2NO2. The Labute approximate surface area is 165 Å². The van der Waals surface area contributed by atoms with E-state index in [1.165, 1.54) is 0 Å². The van der Waals surface area contributed by atoms with Crippen molar-refractivity contribution in [1.82, 2.24) is 0 Å². The third kappa shape index (κ3) is 4.33. The Hall–Kier alpha value is -1.71. The van der Waals surface area contributed by atoms with Gasteiger partial charge < -0.3 is 10.4 Å². The van der Waals surface area contributed by atoms with Crippen molar-refractivity contribution in [3.05, 3.63) is 57.1 Å². The molecule has 0 heterocycles. The van der Waals surface area contributed by atoms with Gasteiger partial charge in [-0.3, -0.25) is 4.79 Å². The summed E-state index contributed by atoms with van der Waals surface area (Å²) in [6.45, 7) is 12.0. The van der Waals surface area contributed by atoms with E-state index in [0.29, 0.717) is 21.3 Å². The Balaban J connectivity index is 2.57. The predicted octanol–water partition coefficient (Wildman–Crippen LogP) is 6.55. The van der Waals surface area contributed by atoms with E-state index >= 15 is 0 Å². The molecule has 0 aromatic heterocycles. The average molecular weight is 394 g/mol. The molecule has 0 radical (unpaired) electrons. The van der Waals surface area contributed by atoms with E-state index in [2.05, 4.69) is 5.32 Å². The van der Waals surface area contributed by atoms with Gasteiger partial charge in [-0.15, -0.1) is 0 Å². The number of aromatic hydroxyl groups is 1. The van der Waals surface area contributed by atoms with E-state index in [4.69, 9.17) is 23.2 Å². The Morgan fingerprint density at radius 3 is 1.73 bits per heavy atom. The average Bonchev–Trinajstić information content (AvgIpc) is 2.48. The number of benzene rings is 2. The zero-order chi connectivity index (χ0) is 19.9. The lowest BCUT2D eigenvalue weighted by atomic mass is 9.78. The van der Waals surface area contributed by atoms with Gasteiger partial charge in [-0.05, 0) is 35.1 Å². The molecule has 2 aromatic rings. The van der Waals surface area contributed by atoms with Crippen molar-refractivity contribution in [2.24, 2.45) is 0 Å². The Bertz CT molecular complexity index is 791. The molecule has 3 nitrogen and oxygen atoms in total. The third-order valence-electron chi connectivity index (χ3n) is 4.19. The highest BCUT2D eigenvalue weighted by Gasteiger charge is 2.28. The van der Waals surface area contributed by atoms with Crippen LogP contribution in [0.15, 0.2) is 30.3 Å². The minimum atomic E-state index is -0.323. The Morgan fingerprint density at radius 1 is 0.923 bits per heavy atom. The first-order valence-corrected chi connectivity index (χ1v) is 9.21. The Kier molecular flexibility index (Phi) is 5.65. The fourth-order valence-electron chi connectivity index (χ4n) is 2.71. The fraction of sp³-hybridized carbons (Fsp3) is 0.381. The number of carbonyl (C=O) groups excluding carboxylic acids is 1. The molecule has 0 aliphatic rings. The number of halogens is 2. The van der Waals surface area contributed by atoms with Gasteiger partial charge in [0.25, 0.3) is 5.91 Å². The molecule has 0 saturated heterocycles. The molecule has 1 amide bonds. The molecule has 5 heteroatoms. The maximum Gasteiger partial charge on any atom is 0.255 e. The monoisotopic (exact) mass is 393 g/mol. The van der Waals surface area contributed by atoms with Crippen LogP contribution in [-0.4, -0.2) is 11.0 Å². The summed E-state index contributed by atoms with van der Waals surface area (Å²) in [5, 5.41) is 14.3. The highest BCUT2D eigenvalue weighted by atomic mass is 35.5. The number of phenolic OH excluding ortho intramolecular Hbond substituents is 1. The van der Waals surface area contributed by atoms with Crippen molar-refractivity contribution in [1.29, 1.82) is 0 Å². The van der Waals surface area contributed by atoms with Crippen LogP contribution in [0.5, 0.6) is 5.75 Å². The molecule has 0 unspecified atom stereocenters. The van der Waals surface area contributed by atoms with Gasteiger partial charge in [0.2, 0.25) is 0 Å². The van der Waals surface area contributed by atoms with Crippen LogP contribution in [0.2, 0.25) is 10.0 Å². The van der Waals surface area contributed by atoms with Crippen molar-refractivity contribution in [3.8, 4) is 5.75 Å². The summed E-state index contributed by atoms with van der Waals surface area (Å²) in [6, 6.07) is 8.51. The van der Waals surface area contributed by atoms with Crippen LogP contribution in [0.25, 0.3) is 0 Å². The SMILES string of the molecule is CC(C)(C)c1cc(C(=O)Nc2c(Cl)cccc2Cl)cc(C(C)(C)C)c1O. The minimum absolute atomic E-state index is 0.234. The van der Waals surface area contributed by atoms with Gasteiger partial charge in [0.1, 0.15) is 5.75 Å². The summed E-state index contributed by atoms with van der Waals surface area (Å²) < 4.78 is 0. The lowest BCUT2D eigenvalue weighted by Crippen LogP contribution is -2.20. The number of amides is 1. The summed E-state index contributed by atoms with van der Waals surface area (Å²) in [4.78, 5) is 12.9. The summed E-state index contributed by atoms with van der Waals surface area (Å²) in [5.74, 6) is -0.0895. The van der Waals surface area contributed by atoms with E-state index in [1.807, 2.05) is 41.5 Å². The molecule has 2 rings (SSSR count). The van der Waals surface area contributed by atoms with E-state index in [-0.39, 0.29) is 22.5 Å². The summed E-state index contributed by atoms with van der Waals surface area (Å²) >= 11 is 12.3. The van der Waals surface area contributed by atoms with Crippen molar-refractivity contribution in [2.45, 2.75) is 52.4 Å². The predicted molar refractivity (Wildman–Crippen MR) is 110 cm³/mol. The van der Waals surface area contributed by atoms with Crippen LogP contribution in [-0.2, 0) is 10.8 Å². The maximum atomic E-state index is 12.9. The minimum Gasteiger partial charge on any atom is -0.507 e. The summed E-state index contributed by atoms with van der Waals surface area (Å²) in [5.41, 5.74) is 1.64. The number of hydrogen-bond acceptors (Lipinski definition) is 2. The number of rotatable bonds is 2. The largest absolute Gasteiger partial charge is 0.507 e. The fourth-order valence-corrected chi connectivity index (χ4v) is 3.20. The number of phenols is 1. The molecular weight excluding hydrogens is 369 g/mol. The van der Waals surface area contributed by atoms with Gasteiger partial charge in [-0.2, -0.15) is 0 Å². The quantitative estimate of drug-likeness (QED) is 0.607. The molecule has 0 fully saturated rings. The first-order valence-electron chi connectivity index (χ1n) is 8.45. The van der Waals surface area contributed by atoms with Crippen molar-refractivity contribution in [3.63, 3.8) is 0 Å². The van der Waals surface area contributed by atoms with Gasteiger partial charge in [0, 0.05) is 16.7 Å². The molecule has 0 saturated carbocycles. The lowest BCUT2D eigenvalue weighted by Gasteiger charge is -2.28. The topological polar surface area (TPSA) is 49.3 Å². The second-order valence-corrected chi connectivity index (χ2v) is 9.29. The van der Waals surface area contributed by atoms with Crippen molar-refractivity contribution < 1.29 is 9.90 Å². The number of carbonyl (C=O) groups is 1.